The average molecular weight is 262 g/mol. The molecule has 0 amide bonds. The number of aromatic nitrogens is 1. The van der Waals surface area contributed by atoms with Crippen LogP contribution in [0.3, 0.4) is 0 Å². The number of pyridine rings is 1. The van der Waals surface area contributed by atoms with Crippen molar-refractivity contribution in [2.24, 2.45) is 0 Å². The molecule has 1 aromatic heterocycles. The van der Waals surface area contributed by atoms with Gasteiger partial charge in [0.2, 0.25) is 0 Å². The summed E-state index contributed by atoms with van der Waals surface area (Å²) in [6, 6.07) is 19.5. The Kier molecular flexibility index (Phi) is 3.39. The van der Waals surface area contributed by atoms with Crippen molar-refractivity contribution in [2.45, 2.75) is 18.3 Å². The Morgan fingerprint density at radius 2 is 1.90 bits per heavy atom. The maximum atomic E-state index is 9.66. The Morgan fingerprint density at radius 1 is 1.15 bits per heavy atom. The van der Waals surface area contributed by atoms with Gasteiger partial charge in [0.15, 0.2) is 0 Å². The Morgan fingerprint density at radius 3 is 2.50 bits per heavy atom. The molecule has 3 heteroatoms. The van der Waals surface area contributed by atoms with Crippen LogP contribution in [0.5, 0.6) is 0 Å². The Balaban J connectivity index is 1.79. The Hall–Kier alpha value is -2.34. The van der Waals surface area contributed by atoms with Gasteiger partial charge in [-0.1, -0.05) is 30.3 Å². The summed E-state index contributed by atoms with van der Waals surface area (Å²) >= 11 is 0. The van der Waals surface area contributed by atoms with Gasteiger partial charge in [-0.25, -0.2) is 4.98 Å². The van der Waals surface area contributed by atoms with Crippen LogP contribution in [0.15, 0.2) is 48.7 Å². The van der Waals surface area contributed by atoms with Crippen LogP contribution >= 0.6 is 0 Å². The topological polar surface area (TPSA) is 39.9 Å². The highest BCUT2D eigenvalue weighted by molar-refractivity contribution is 5.41. The summed E-state index contributed by atoms with van der Waals surface area (Å²) in [5.74, 6) is 0.975. The third-order valence-electron chi connectivity index (χ3n) is 4.08. The maximum absolute atomic E-state index is 9.66. The van der Waals surface area contributed by atoms with Gasteiger partial charge in [0.1, 0.15) is 5.82 Å². The van der Waals surface area contributed by atoms with Crippen molar-refractivity contribution >= 4 is 5.82 Å². The predicted molar refractivity (Wildman–Crippen MR) is 78.3 cm³/mol. The van der Waals surface area contributed by atoms with Crippen molar-refractivity contribution in [2.75, 3.05) is 18.0 Å². The van der Waals surface area contributed by atoms with Crippen LogP contribution in [-0.4, -0.2) is 18.1 Å². The first-order chi connectivity index (χ1) is 9.84. The second kappa shape index (κ2) is 5.34. The molecule has 3 rings (SSSR count). The minimum atomic E-state index is -0.349. The molecule has 1 aromatic carbocycles. The predicted octanol–water partition coefficient (Wildman–Crippen LogP) is 2.94. The lowest BCUT2D eigenvalue weighted by Crippen LogP contribution is -2.42. The molecule has 0 N–H and O–H groups in total. The van der Waals surface area contributed by atoms with E-state index in [-0.39, 0.29) is 5.41 Å². The van der Waals surface area contributed by atoms with Crippen LogP contribution in [0.25, 0.3) is 0 Å². The van der Waals surface area contributed by atoms with E-state index in [1.54, 1.807) is 6.20 Å². The molecular formula is C17H16N3. The first kappa shape index (κ1) is 12.7. The average Bonchev–Trinajstić information content (AvgIpc) is 2.56. The van der Waals surface area contributed by atoms with E-state index in [4.69, 9.17) is 0 Å². The summed E-state index contributed by atoms with van der Waals surface area (Å²) in [7, 11) is 0. The van der Waals surface area contributed by atoms with E-state index in [1.807, 2.05) is 30.3 Å². The van der Waals surface area contributed by atoms with Crippen molar-refractivity contribution in [1.82, 2.24) is 4.98 Å². The molecule has 2 aromatic rings. The molecule has 2 heterocycles. The van der Waals surface area contributed by atoms with Crippen molar-refractivity contribution in [3.63, 3.8) is 0 Å². The second-order valence-electron chi connectivity index (χ2n) is 5.16. The van der Waals surface area contributed by atoms with Gasteiger partial charge >= 0.3 is 0 Å². The molecule has 0 aliphatic carbocycles. The van der Waals surface area contributed by atoms with Gasteiger partial charge in [-0.3, -0.25) is 0 Å². The first-order valence-corrected chi connectivity index (χ1v) is 6.88. The molecule has 0 saturated carbocycles. The van der Waals surface area contributed by atoms with E-state index in [2.05, 4.69) is 34.2 Å². The second-order valence-corrected chi connectivity index (χ2v) is 5.16. The van der Waals surface area contributed by atoms with Crippen molar-refractivity contribution in [3.05, 3.63) is 60.3 Å². The lowest BCUT2D eigenvalue weighted by atomic mass is 9.74. The molecule has 1 fully saturated rings. The molecule has 0 unspecified atom stereocenters. The minimum Gasteiger partial charge on any atom is -0.356 e. The molecule has 0 atom stereocenters. The van der Waals surface area contributed by atoms with E-state index < -0.39 is 0 Å². The maximum Gasteiger partial charge on any atom is 0.128 e. The minimum absolute atomic E-state index is 0.349. The lowest BCUT2D eigenvalue weighted by Gasteiger charge is -2.38. The van der Waals surface area contributed by atoms with E-state index >= 15 is 0 Å². The summed E-state index contributed by atoms with van der Waals surface area (Å²) in [5, 5.41) is 9.66. The molecule has 3 nitrogen and oxygen atoms in total. The summed E-state index contributed by atoms with van der Waals surface area (Å²) in [6.07, 6.45) is 3.38. The van der Waals surface area contributed by atoms with Crippen LogP contribution in [-0.2, 0) is 5.41 Å². The number of hydrogen-bond donors (Lipinski definition) is 0. The summed E-state index contributed by atoms with van der Waals surface area (Å²) in [5.41, 5.74) is 0.787. The molecule has 1 aliphatic heterocycles. The van der Waals surface area contributed by atoms with Crippen molar-refractivity contribution < 1.29 is 0 Å². The highest BCUT2D eigenvalue weighted by Crippen LogP contribution is 2.35. The van der Waals surface area contributed by atoms with Gasteiger partial charge < -0.3 is 4.90 Å². The van der Waals surface area contributed by atoms with Crippen molar-refractivity contribution in [3.8, 4) is 6.07 Å². The van der Waals surface area contributed by atoms with Crippen LogP contribution in [0.2, 0.25) is 0 Å². The zero-order valence-corrected chi connectivity index (χ0v) is 11.3. The smallest absolute Gasteiger partial charge is 0.128 e. The number of benzene rings is 1. The highest BCUT2D eigenvalue weighted by Gasteiger charge is 2.36. The van der Waals surface area contributed by atoms with Gasteiger partial charge in [0.25, 0.3) is 0 Å². The lowest BCUT2D eigenvalue weighted by molar-refractivity contribution is 0.414. The number of rotatable bonds is 2. The van der Waals surface area contributed by atoms with Crippen LogP contribution < -0.4 is 4.90 Å². The molecule has 1 aliphatic rings. The molecule has 1 saturated heterocycles. The number of nitriles is 1. The largest absolute Gasteiger partial charge is 0.356 e. The fraction of sp³-hybridized carbons (Fsp3) is 0.294. The fourth-order valence-electron chi connectivity index (χ4n) is 2.84. The first-order valence-electron chi connectivity index (χ1n) is 6.88. The van der Waals surface area contributed by atoms with Crippen LogP contribution in [0.4, 0.5) is 5.82 Å². The summed E-state index contributed by atoms with van der Waals surface area (Å²) in [4.78, 5) is 6.58. The molecule has 0 spiro atoms. The number of anilines is 1. The molecular weight excluding hydrogens is 246 g/mol. The summed E-state index contributed by atoms with van der Waals surface area (Å²) in [6.45, 7) is 1.72. The van der Waals surface area contributed by atoms with Crippen LogP contribution in [0.1, 0.15) is 18.4 Å². The normalized spacial score (nSPS) is 17.4. The number of piperidine rings is 1. The third-order valence-corrected chi connectivity index (χ3v) is 4.08. The quantitative estimate of drug-likeness (QED) is 0.835. The van der Waals surface area contributed by atoms with Crippen molar-refractivity contribution in [1.29, 1.82) is 5.26 Å². The van der Waals surface area contributed by atoms with E-state index in [0.717, 1.165) is 37.3 Å². The third kappa shape index (κ3) is 2.25. The van der Waals surface area contributed by atoms with E-state index in [0.29, 0.717) is 0 Å². The highest BCUT2D eigenvalue weighted by atomic mass is 15.2. The fourth-order valence-corrected chi connectivity index (χ4v) is 2.84. The molecule has 99 valence electrons. The number of hydrogen-bond acceptors (Lipinski definition) is 3. The van der Waals surface area contributed by atoms with Gasteiger partial charge in [-0.05, 0) is 30.5 Å². The standard InChI is InChI=1S/C17H16N3/c18-14-17(15-6-2-1-3-7-15)9-12-20(13-10-17)16-8-4-5-11-19-16/h1-4,6-8,11H,9-10,12-13H2. The number of nitrogens with zero attached hydrogens (tertiary/aromatic N) is 3. The summed E-state index contributed by atoms with van der Waals surface area (Å²) < 4.78 is 0. The molecule has 1 radical (unpaired) electrons. The van der Waals surface area contributed by atoms with Gasteiger partial charge in [0.05, 0.1) is 11.5 Å². The Labute approximate surface area is 119 Å². The zero-order chi connectivity index (χ0) is 13.8. The molecule has 0 bridgehead atoms. The monoisotopic (exact) mass is 262 g/mol. The zero-order valence-electron chi connectivity index (χ0n) is 11.3. The van der Waals surface area contributed by atoms with Gasteiger partial charge in [-0.2, -0.15) is 5.26 Å². The van der Waals surface area contributed by atoms with Gasteiger partial charge in [0, 0.05) is 25.4 Å². The van der Waals surface area contributed by atoms with Gasteiger partial charge in [-0.15, -0.1) is 0 Å². The SMILES string of the molecule is N#CC1(c2ccccc2)CCN(c2cc[c]cn2)CC1. The van der Waals surface area contributed by atoms with E-state index in [1.165, 1.54) is 0 Å². The molecule has 20 heavy (non-hydrogen) atoms. The Bertz CT molecular complexity index is 593. The van der Waals surface area contributed by atoms with E-state index in [9.17, 15) is 5.26 Å². The van der Waals surface area contributed by atoms with Crippen LogP contribution in [0, 0.1) is 17.4 Å².